The van der Waals surface area contributed by atoms with Gasteiger partial charge in [-0.2, -0.15) is 0 Å². The van der Waals surface area contributed by atoms with Crippen molar-refractivity contribution in [2.24, 2.45) is 23.7 Å². The lowest BCUT2D eigenvalue weighted by molar-refractivity contribution is -0.153. The van der Waals surface area contributed by atoms with Crippen LogP contribution >= 0.6 is 31.9 Å². The molecule has 10 heteroatoms. The van der Waals surface area contributed by atoms with Gasteiger partial charge < -0.3 is 38.3 Å². The molecule has 49 heavy (non-hydrogen) atoms. The van der Waals surface area contributed by atoms with E-state index in [-0.39, 0.29) is 24.2 Å². The Balaban J connectivity index is 0.000000467. The molecule has 1 N–H and O–H groups in total. The van der Waals surface area contributed by atoms with Crippen LogP contribution in [0.25, 0.3) is 0 Å². The second-order valence-electron chi connectivity index (χ2n) is 14.2. The molecule has 2 heterocycles. The minimum Gasteiger partial charge on any atom is -0.497 e. The molecule has 0 saturated carbocycles. The number of hydrogen-bond donors (Lipinski definition) is 1. The Labute approximate surface area is 313 Å². The molecule has 0 radical (unpaired) electrons. The first-order valence-electron chi connectivity index (χ1n) is 17.4. The number of benzene rings is 1. The molecule has 1 unspecified atom stereocenters. The molecule has 7 atom stereocenters. The topological polar surface area (TPSA) is 92.7 Å². The van der Waals surface area contributed by atoms with Crippen LogP contribution in [-0.2, 0) is 35.1 Å². The maximum atomic E-state index is 10.6. The number of aldehydes is 1. The monoisotopic (exact) mass is 816 g/mol. The van der Waals surface area contributed by atoms with E-state index in [0.717, 1.165) is 39.8 Å². The van der Waals surface area contributed by atoms with Crippen molar-refractivity contribution in [3.05, 3.63) is 39.3 Å². The third-order valence-corrected chi connectivity index (χ3v) is 8.86. The van der Waals surface area contributed by atoms with Crippen LogP contribution in [0.1, 0.15) is 101 Å². The number of aliphatic hydroxyl groups excluding tert-OH is 1. The third kappa shape index (κ3) is 18.2. The van der Waals surface area contributed by atoms with Crippen molar-refractivity contribution in [2.75, 3.05) is 13.7 Å². The summed E-state index contributed by atoms with van der Waals surface area (Å²) in [5, 5.41) is 10.5. The fraction of sp³-hybridized carbons (Fsp3) is 0.718. The average Bonchev–Trinajstić information content (AvgIpc) is 3.51. The lowest BCUT2D eigenvalue weighted by Gasteiger charge is -2.19. The molecule has 0 spiro atoms. The molecule has 1 aromatic carbocycles. The highest BCUT2D eigenvalue weighted by molar-refractivity contribution is 9.28. The summed E-state index contributed by atoms with van der Waals surface area (Å²) in [6.07, 6.45) is 3.46. The third-order valence-electron chi connectivity index (χ3n) is 8.34. The largest absolute Gasteiger partial charge is 0.497 e. The van der Waals surface area contributed by atoms with Gasteiger partial charge in [0.15, 0.2) is 17.9 Å². The molecule has 3 rings (SSSR count). The molecule has 2 aliphatic heterocycles. The molecular weight excluding hydrogens is 756 g/mol. The molecular formula is C39H62Br2O8. The Morgan fingerprint density at radius 3 is 1.98 bits per heavy atom. The van der Waals surface area contributed by atoms with Crippen LogP contribution in [0.15, 0.2) is 33.7 Å². The molecule has 2 fully saturated rings. The summed E-state index contributed by atoms with van der Waals surface area (Å²) in [4.78, 5) is 10.6. The molecule has 2 saturated heterocycles. The smallest absolute Gasteiger partial charge is 0.164 e. The summed E-state index contributed by atoms with van der Waals surface area (Å²) in [6.45, 7) is 23.4. The second-order valence-corrected chi connectivity index (χ2v) is 17.0. The van der Waals surface area contributed by atoms with Gasteiger partial charge in [-0.1, -0.05) is 84.9 Å². The summed E-state index contributed by atoms with van der Waals surface area (Å²) in [5.41, 5.74) is 1.08. The first-order valence-corrected chi connectivity index (χ1v) is 19.0. The highest BCUT2D eigenvalue weighted by Gasteiger charge is 2.44. The number of hydrogen-bond acceptors (Lipinski definition) is 8. The van der Waals surface area contributed by atoms with E-state index in [0.29, 0.717) is 31.5 Å². The first kappa shape index (κ1) is 45.7. The van der Waals surface area contributed by atoms with Crippen LogP contribution in [0.4, 0.5) is 0 Å². The highest BCUT2D eigenvalue weighted by atomic mass is 79.9. The van der Waals surface area contributed by atoms with Gasteiger partial charge in [-0.25, -0.2) is 0 Å². The van der Waals surface area contributed by atoms with Crippen molar-refractivity contribution in [3.8, 4) is 17.6 Å². The standard InChI is InChI=1S/C23H34O5.C9H16O3.C7H12Br2/c1-16(2)17(3)7-12-20(24)22-21(27-23(4,5)28-22)13-14-26-15-18-8-10-19(25-6)11-9-18;1-4-5-7-8(6-10)12-9(2,3)11-7;1-5(2)6(3)4-7(8)9/h8-11,16-17,20-22,24H,13-15H2,1-6H3;6-8H,4-5H2,1-3H3;4-6H,1-3H3/t17-,20?,21+,22-;7-,8+;6-/m101/s1. The molecule has 2 aliphatic rings. The fourth-order valence-electron chi connectivity index (χ4n) is 4.81. The maximum Gasteiger partial charge on any atom is 0.164 e. The van der Waals surface area contributed by atoms with Crippen molar-refractivity contribution in [1.29, 1.82) is 0 Å². The Hall–Kier alpha value is -1.29. The van der Waals surface area contributed by atoms with Crippen LogP contribution in [0, 0.1) is 35.5 Å². The fourth-order valence-corrected chi connectivity index (χ4v) is 5.64. The van der Waals surface area contributed by atoms with Gasteiger partial charge in [0.1, 0.15) is 24.1 Å². The van der Waals surface area contributed by atoms with Gasteiger partial charge in [0.05, 0.1) is 29.3 Å². The van der Waals surface area contributed by atoms with Crippen LogP contribution in [0.2, 0.25) is 0 Å². The van der Waals surface area contributed by atoms with Crippen molar-refractivity contribution >= 4 is 38.1 Å². The van der Waals surface area contributed by atoms with Crippen molar-refractivity contribution < 1.29 is 38.3 Å². The Kier molecular flexibility index (Phi) is 21.1. The minimum atomic E-state index is -0.880. The summed E-state index contributed by atoms with van der Waals surface area (Å²) >= 11 is 6.64. The highest BCUT2D eigenvalue weighted by Crippen LogP contribution is 2.32. The van der Waals surface area contributed by atoms with E-state index >= 15 is 0 Å². The lowest BCUT2D eigenvalue weighted by Crippen LogP contribution is -2.35. The van der Waals surface area contributed by atoms with Gasteiger partial charge in [0.2, 0.25) is 0 Å². The van der Waals surface area contributed by atoms with E-state index in [1.54, 1.807) is 7.11 Å². The van der Waals surface area contributed by atoms with Crippen molar-refractivity contribution in [3.63, 3.8) is 0 Å². The van der Waals surface area contributed by atoms with E-state index < -0.39 is 23.8 Å². The lowest BCUT2D eigenvalue weighted by atomic mass is 9.98. The zero-order chi connectivity index (χ0) is 37.4. The van der Waals surface area contributed by atoms with Gasteiger partial charge in [-0.05, 0) is 108 Å². The summed E-state index contributed by atoms with van der Waals surface area (Å²) < 4.78 is 34.8. The molecule has 280 valence electrons. The summed E-state index contributed by atoms with van der Waals surface area (Å²) in [5.74, 6) is 7.59. The van der Waals surface area contributed by atoms with Crippen LogP contribution < -0.4 is 4.74 Å². The molecule has 0 aliphatic carbocycles. The Morgan fingerprint density at radius 2 is 1.49 bits per heavy atom. The number of aliphatic hydroxyl groups is 1. The van der Waals surface area contributed by atoms with Gasteiger partial charge in [0.25, 0.3) is 0 Å². The molecule has 0 bridgehead atoms. The van der Waals surface area contributed by atoms with E-state index in [9.17, 15) is 9.90 Å². The number of rotatable bonds is 13. The van der Waals surface area contributed by atoms with E-state index in [4.69, 9.17) is 28.4 Å². The summed E-state index contributed by atoms with van der Waals surface area (Å²) in [6, 6.07) is 7.79. The molecule has 0 amide bonds. The minimum absolute atomic E-state index is 0.0532. The van der Waals surface area contributed by atoms with Crippen LogP contribution in [-0.4, -0.2) is 67.2 Å². The number of carbonyl (C=O) groups is 1. The molecule has 1 aromatic rings. The zero-order valence-corrected chi connectivity index (χ0v) is 34.9. The second kappa shape index (κ2) is 22.6. The Morgan fingerprint density at radius 1 is 0.898 bits per heavy atom. The zero-order valence-electron chi connectivity index (χ0n) is 31.8. The Bertz CT molecular complexity index is 1170. The average molecular weight is 819 g/mol. The van der Waals surface area contributed by atoms with E-state index in [1.165, 1.54) is 0 Å². The van der Waals surface area contributed by atoms with Crippen LogP contribution in [0.3, 0.4) is 0 Å². The van der Waals surface area contributed by atoms with Crippen LogP contribution in [0.5, 0.6) is 5.75 Å². The predicted molar refractivity (Wildman–Crippen MR) is 204 cm³/mol. The number of ether oxygens (including phenoxy) is 6. The van der Waals surface area contributed by atoms with Crippen molar-refractivity contribution in [2.45, 2.75) is 144 Å². The number of allylic oxidation sites excluding steroid dienone is 1. The summed E-state index contributed by atoms with van der Waals surface area (Å²) in [7, 11) is 1.65. The van der Waals surface area contributed by atoms with Gasteiger partial charge >= 0.3 is 0 Å². The first-order chi connectivity index (χ1) is 22.8. The number of methoxy groups -OCH3 is 1. The predicted octanol–water partition coefficient (Wildman–Crippen LogP) is 9.19. The van der Waals surface area contributed by atoms with E-state index in [1.807, 2.05) is 52.0 Å². The van der Waals surface area contributed by atoms with Crippen molar-refractivity contribution in [1.82, 2.24) is 0 Å². The van der Waals surface area contributed by atoms with Gasteiger partial charge in [0, 0.05) is 12.5 Å². The van der Waals surface area contributed by atoms with Gasteiger partial charge in [-0.15, -0.1) is 0 Å². The maximum absolute atomic E-state index is 10.6. The SMILES string of the molecule is CC(C)[C@H](C)C=C(Br)Br.CCC[C@@H]1OC(C)(C)O[C@@H]1C=O.COc1ccc(COCC[C@@H]2OC(C)(C)O[C@@H]2C(O)C#C[C@@H](C)C(C)C)cc1. The quantitative estimate of drug-likeness (QED) is 0.120. The molecule has 0 aromatic heterocycles. The molecule has 8 nitrogen and oxygen atoms in total. The normalized spacial score (nSPS) is 23.9. The van der Waals surface area contributed by atoms with Gasteiger partial charge in [-0.3, -0.25) is 0 Å². The number of carbonyl (C=O) groups excluding carboxylic acids is 1. The number of halogens is 2. The van der Waals surface area contributed by atoms with E-state index in [2.05, 4.69) is 98.2 Å².